The Kier molecular flexibility index (Phi) is 5.08. The quantitative estimate of drug-likeness (QED) is 0.781. The highest BCUT2D eigenvalue weighted by Gasteiger charge is 2.13. The number of hydrogen-bond acceptors (Lipinski definition) is 6. The largest absolute Gasteiger partial charge is 0.492 e. The van der Waals surface area contributed by atoms with Crippen molar-refractivity contribution < 1.29 is 19.0 Å². The van der Waals surface area contributed by atoms with Gasteiger partial charge in [0.25, 0.3) is 0 Å². The number of carbonyl (C=O) groups excluding carboxylic acids is 1. The molecule has 0 spiro atoms. The van der Waals surface area contributed by atoms with Crippen molar-refractivity contribution in [1.29, 1.82) is 0 Å². The van der Waals surface area contributed by atoms with Crippen molar-refractivity contribution in [3.63, 3.8) is 0 Å². The van der Waals surface area contributed by atoms with E-state index in [1.807, 2.05) is 25.1 Å². The van der Waals surface area contributed by atoms with Gasteiger partial charge in [-0.1, -0.05) is 0 Å². The van der Waals surface area contributed by atoms with Crippen LogP contribution in [0.3, 0.4) is 0 Å². The van der Waals surface area contributed by atoms with Gasteiger partial charge in [0.1, 0.15) is 18.2 Å². The van der Waals surface area contributed by atoms with Gasteiger partial charge < -0.3 is 29.7 Å². The van der Waals surface area contributed by atoms with Crippen molar-refractivity contribution in [3.05, 3.63) is 36.5 Å². The minimum atomic E-state index is -0.311. The molecular formula is C17H20N4O4. The number of pyridine rings is 1. The van der Waals surface area contributed by atoms with E-state index >= 15 is 0 Å². The lowest BCUT2D eigenvalue weighted by Crippen LogP contribution is -2.32. The molecule has 1 aliphatic rings. The molecule has 8 nitrogen and oxygen atoms in total. The van der Waals surface area contributed by atoms with Crippen LogP contribution in [0, 0.1) is 0 Å². The maximum atomic E-state index is 11.8. The van der Waals surface area contributed by atoms with Crippen LogP contribution in [-0.2, 0) is 0 Å². The number of urea groups is 1. The number of aromatic nitrogens is 1. The Morgan fingerprint density at radius 2 is 2.08 bits per heavy atom. The lowest BCUT2D eigenvalue weighted by molar-refractivity contribution is 0.173. The Hall–Kier alpha value is -3.16. The van der Waals surface area contributed by atoms with Crippen molar-refractivity contribution in [2.75, 3.05) is 44.3 Å². The summed E-state index contributed by atoms with van der Waals surface area (Å²) in [5, 5.41) is 5.44. The molecule has 1 aromatic carbocycles. The zero-order chi connectivity index (χ0) is 17.6. The maximum absolute atomic E-state index is 11.8. The van der Waals surface area contributed by atoms with E-state index in [9.17, 15) is 4.79 Å². The molecule has 2 aromatic rings. The van der Waals surface area contributed by atoms with Crippen LogP contribution in [0.5, 0.6) is 17.2 Å². The third-order valence-corrected chi connectivity index (χ3v) is 3.46. The second kappa shape index (κ2) is 7.61. The van der Waals surface area contributed by atoms with Crippen LogP contribution in [0.25, 0.3) is 0 Å². The number of benzene rings is 1. The average molecular weight is 344 g/mol. The fourth-order valence-electron chi connectivity index (χ4n) is 2.20. The van der Waals surface area contributed by atoms with Crippen molar-refractivity contribution in [2.45, 2.75) is 0 Å². The number of amides is 2. The SMILES string of the molecule is CN(C)c1ccc(NC(=O)NCCOc2ccc3c(c2)OCO3)cn1. The van der Waals surface area contributed by atoms with Crippen LogP contribution in [0.4, 0.5) is 16.3 Å². The van der Waals surface area contributed by atoms with Crippen molar-refractivity contribution in [3.8, 4) is 17.2 Å². The fourth-order valence-corrected chi connectivity index (χ4v) is 2.20. The molecule has 2 heterocycles. The molecule has 132 valence electrons. The normalized spacial score (nSPS) is 11.8. The van der Waals surface area contributed by atoms with E-state index in [1.54, 1.807) is 30.5 Å². The number of hydrogen-bond donors (Lipinski definition) is 2. The molecule has 1 aliphatic heterocycles. The number of nitrogens with zero attached hydrogens (tertiary/aromatic N) is 2. The number of fused-ring (bicyclic) bond motifs is 1. The van der Waals surface area contributed by atoms with Gasteiger partial charge in [-0.2, -0.15) is 0 Å². The van der Waals surface area contributed by atoms with Crippen molar-refractivity contribution >= 4 is 17.5 Å². The van der Waals surface area contributed by atoms with Gasteiger partial charge in [-0.25, -0.2) is 9.78 Å². The molecule has 25 heavy (non-hydrogen) atoms. The summed E-state index contributed by atoms with van der Waals surface area (Å²) in [6, 6.07) is 8.67. The van der Waals surface area contributed by atoms with Gasteiger partial charge in [-0.3, -0.25) is 0 Å². The first-order chi connectivity index (χ1) is 12.1. The maximum Gasteiger partial charge on any atom is 0.319 e. The van der Waals surface area contributed by atoms with E-state index < -0.39 is 0 Å². The summed E-state index contributed by atoms with van der Waals surface area (Å²) >= 11 is 0. The highest BCUT2D eigenvalue weighted by atomic mass is 16.7. The highest BCUT2D eigenvalue weighted by molar-refractivity contribution is 5.89. The van der Waals surface area contributed by atoms with E-state index in [-0.39, 0.29) is 12.8 Å². The Bertz CT molecular complexity index is 734. The first kappa shape index (κ1) is 16.7. The van der Waals surface area contributed by atoms with E-state index in [0.717, 1.165) is 5.82 Å². The Balaban J connectivity index is 1.39. The number of nitrogens with one attached hydrogen (secondary N) is 2. The fraction of sp³-hybridized carbons (Fsp3) is 0.294. The van der Waals surface area contributed by atoms with Crippen LogP contribution in [0.2, 0.25) is 0 Å². The number of rotatable bonds is 6. The van der Waals surface area contributed by atoms with E-state index in [2.05, 4.69) is 15.6 Å². The van der Waals surface area contributed by atoms with E-state index in [0.29, 0.717) is 36.1 Å². The van der Waals surface area contributed by atoms with Gasteiger partial charge in [0, 0.05) is 20.2 Å². The first-order valence-electron chi connectivity index (χ1n) is 7.82. The van der Waals surface area contributed by atoms with Crippen LogP contribution in [0.15, 0.2) is 36.5 Å². The summed E-state index contributed by atoms with van der Waals surface area (Å²) in [6.45, 7) is 0.930. The summed E-state index contributed by atoms with van der Waals surface area (Å²) in [6.07, 6.45) is 1.61. The standard InChI is InChI=1S/C17H20N4O4/c1-21(2)16-6-3-12(10-19-16)20-17(22)18-7-8-23-13-4-5-14-15(9-13)25-11-24-14/h3-6,9-10H,7-8,11H2,1-2H3,(H2,18,20,22). The molecule has 1 aromatic heterocycles. The number of anilines is 2. The zero-order valence-electron chi connectivity index (χ0n) is 14.1. The van der Waals surface area contributed by atoms with Crippen LogP contribution in [-0.4, -0.2) is 45.1 Å². The molecule has 0 saturated heterocycles. The van der Waals surface area contributed by atoms with Gasteiger partial charge >= 0.3 is 6.03 Å². The third kappa shape index (κ3) is 4.43. The lowest BCUT2D eigenvalue weighted by Gasteiger charge is -2.12. The monoisotopic (exact) mass is 344 g/mol. The summed E-state index contributed by atoms with van der Waals surface area (Å²) in [4.78, 5) is 18.0. The van der Waals surface area contributed by atoms with Crippen molar-refractivity contribution in [2.24, 2.45) is 0 Å². The summed E-state index contributed by atoms with van der Waals surface area (Å²) < 4.78 is 16.1. The third-order valence-electron chi connectivity index (χ3n) is 3.46. The summed E-state index contributed by atoms with van der Waals surface area (Å²) in [5.41, 5.74) is 0.625. The van der Waals surface area contributed by atoms with Crippen molar-refractivity contribution in [1.82, 2.24) is 10.3 Å². The molecule has 0 atom stereocenters. The molecule has 0 unspecified atom stereocenters. The molecule has 0 radical (unpaired) electrons. The predicted octanol–water partition coefficient (Wildman–Crippen LogP) is 2.08. The molecule has 0 aliphatic carbocycles. The lowest BCUT2D eigenvalue weighted by atomic mass is 10.3. The topological polar surface area (TPSA) is 85.0 Å². The Labute approximate surface area is 145 Å². The van der Waals surface area contributed by atoms with Crippen LogP contribution in [0.1, 0.15) is 0 Å². The molecule has 0 saturated carbocycles. The molecule has 2 N–H and O–H groups in total. The second-order valence-corrected chi connectivity index (χ2v) is 5.54. The zero-order valence-corrected chi connectivity index (χ0v) is 14.1. The van der Waals surface area contributed by atoms with Gasteiger partial charge in [0.05, 0.1) is 18.4 Å². The predicted molar refractivity (Wildman–Crippen MR) is 93.6 cm³/mol. The molecule has 0 fully saturated rings. The van der Waals surface area contributed by atoms with E-state index in [1.165, 1.54) is 0 Å². The molecular weight excluding hydrogens is 324 g/mol. The molecule has 2 amide bonds. The second-order valence-electron chi connectivity index (χ2n) is 5.54. The van der Waals surface area contributed by atoms with Crippen LogP contribution < -0.4 is 29.7 Å². The first-order valence-corrected chi connectivity index (χ1v) is 7.82. The summed E-state index contributed by atoms with van der Waals surface area (Å²) in [7, 11) is 3.81. The molecule has 3 rings (SSSR count). The Morgan fingerprint density at radius 1 is 1.24 bits per heavy atom. The highest BCUT2D eigenvalue weighted by Crippen LogP contribution is 2.34. The molecule has 0 bridgehead atoms. The molecule has 8 heteroatoms. The van der Waals surface area contributed by atoms with Crippen LogP contribution >= 0.6 is 0 Å². The number of ether oxygens (including phenoxy) is 3. The van der Waals surface area contributed by atoms with Gasteiger partial charge in [-0.15, -0.1) is 0 Å². The summed E-state index contributed by atoms with van der Waals surface area (Å²) in [5.74, 6) is 2.86. The minimum Gasteiger partial charge on any atom is -0.492 e. The minimum absolute atomic E-state index is 0.227. The smallest absolute Gasteiger partial charge is 0.319 e. The Morgan fingerprint density at radius 3 is 2.84 bits per heavy atom. The number of carbonyl (C=O) groups is 1. The van der Waals surface area contributed by atoms with Gasteiger partial charge in [0.2, 0.25) is 6.79 Å². The average Bonchev–Trinajstić information content (AvgIpc) is 3.07. The van der Waals surface area contributed by atoms with Gasteiger partial charge in [0.15, 0.2) is 11.5 Å². The van der Waals surface area contributed by atoms with E-state index in [4.69, 9.17) is 14.2 Å². The van der Waals surface area contributed by atoms with Gasteiger partial charge in [-0.05, 0) is 24.3 Å².